The summed E-state index contributed by atoms with van der Waals surface area (Å²) in [5.74, 6) is 1.40. The fourth-order valence-corrected chi connectivity index (χ4v) is 2.10. The molecule has 0 aromatic heterocycles. The first-order valence-electron chi connectivity index (χ1n) is 7.92. The van der Waals surface area contributed by atoms with Gasteiger partial charge >= 0.3 is 0 Å². The van der Waals surface area contributed by atoms with Crippen molar-refractivity contribution in [2.75, 3.05) is 19.8 Å². The quantitative estimate of drug-likeness (QED) is 0.595. The molecule has 1 amide bonds. The molecule has 0 aliphatic carbocycles. The number of benzene rings is 2. The summed E-state index contributed by atoms with van der Waals surface area (Å²) in [4.78, 5) is 12.1. The van der Waals surface area contributed by atoms with Crippen LogP contribution in [0.1, 0.15) is 21.5 Å². The Balaban J connectivity index is 1.76. The molecule has 0 bridgehead atoms. The van der Waals surface area contributed by atoms with Crippen molar-refractivity contribution in [3.05, 3.63) is 71.8 Å². The number of ether oxygens (including phenoxy) is 2. The molecule has 0 radical (unpaired) electrons. The van der Waals surface area contributed by atoms with E-state index < -0.39 is 0 Å². The van der Waals surface area contributed by atoms with Crippen LogP contribution in [-0.2, 0) is 0 Å². The summed E-state index contributed by atoms with van der Waals surface area (Å²) in [5.41, 5.74) is 3.01. The fourth-order valence-electron chi connectivity index (χ4n) is 2.10. The number of carbonyl (C=O) groups is 1. The van der Waals surface area contributed by atoms with E-state index in [9.17, 15) is 4.79 Å². The van der Waals surface area contributed by atoms with Crippen LogP contribution < -0.4 is 14.8 Å². The third kappa shape index (κ3) is 5.16. The van der Waals surface area contributed by atoms with Crippen molar-refractivity contribution < 1.29 is 14.3 Å². The summed E-state index contributed by atoms with van der Waals surface area (Å²) in [6.07, 6.45) is 1.68. The van der Waals surface area contributed by atoms with E-state index in [2.05, 4.69) is 18.8 Å². The number of rotatable bonds is 8. The number of amides is 1. The summed E-state index contributed by atoms with van der Waals surface area (Å²) in [6.45, 7) is 9.02. The van der Waals surface area contributed by atoms with Crippen molar-refractivity contribution in [2.45, 2.75) is 13.8 Å². The highest BCUT2D eigenvalue weighted by Gasteiger charge is 2.05. The lowest BCUT2D eigenvalue weighted by atomic mass is 10.1. The third-order valence-corrected chi connectivity index (χ3v) is 3.62. The maximum atomic E-state index is 12.1. The smallest absolute Gasteiger partial charge is 0.251 e. The van der Waals surface area contributed by atoms with E-state index >= 15 is 0 Å². The SMILES string of the molecule is C=CCOc1ccc(C(=O)NCCOc2ccc(C)c(C)c2)cc1. The monoisotopic (exact) mass is 325 g/mol. The summed E-state index contributed by atoms with van der Waals surface area (Å²) in [7, 11) is 0. The highest BCUT2D eigenvalue weighted by atomic mass is 16.5. The minimum atomic E-state index is -0.131. The minimum absolute atomic E-state index is 0.131. The second-order valence-electron chi connectivity index (χ2n) is 5.47. The van der Waals surface area contributed by atoms with Gasteiger partial charge in [0.05, 0.1) is 6.54 Å². The van der Waals surface area contributed by atoms with E-state index in [0.717, 1.165) is 5.75 Å². The van der Waals surface area contributed by atoms with Crippen LogP contribution in [0.25, 0.3) is 0 Å². The van der Waals surface area contributed by atoms with Crippen LogP contribution in [0.4, 0.5) is 0 Å². The highest BCUT2D eigenvalue weighted by Crippen LogP contribution is 2.16. The molecule has 2 rings (SSSR count). The molecule has 0 heterocycles. The molecule has 0 fully saturated rings. The second-order valence-corrected chi connectivity index (χ2v) is 5.47. The van der Waals surface area contributed by atoms with E-state index in [1.807, 2.05) is 25.1 Å². The van der Waals surface area contributed by atoms with Crippen LogP contribution in [0.3, 0.4) is 0 Å². The number of hydrogen-bond donors (Lipinski definition) is 1. The molecule has 24 heavy (non-hydrogen) atoms. The highest BCUT2D eigenvalue weighted by molar-refractivity contribution is 5.94. The molecule has 2 aromatic carbocycles. The van der Waals surface area contributed by atoms with Gasteiger partial charge in [0.2, 0.25) is 0 Å². The average Bonchev–Trinajstić information content (AvgIpc) is 2.60. The predicted molar refractivity (Wildman–Crippen MR) is 95.9 cm³/mol. The van der Waals surface area contributed by atoms with Gasteiger partial charge in [-0.3, -0.25) is 4.79 Å². The summed E-state index contributed by atoms with van der Waals surface area (Å²) < 4.78 is 11.0. The molecule has 0 atom stereocenters. The van der Waals surface area contributed by atoms with Gasteiger partial charge < -0.3 is 14.8 Å². The predicted octanol–water partition coefficient (Wildman–Crippen LogP) is 3.68. The van der Waals surface area contributed by atoms with Crippen molar-refractivity contribution in [1.82, 2.24) is 5.32 Å². The molecule has 0 saturated heterocycles. The fraction of sp³-hybridized carbons (Fsp3) is 0.250. The number of carbonyl (C=O) groups excluding carboxylic acids is 1. The largest absolute Gasteiger partial charge is 0.492 e. The molecule has 0 saturated carbocycles. The molecular formula is C20H23NO3. The third-order valence-electron chi connectivity index (χ3n) is 3.62. The van der Waals surface area contributed by atoms with Gasteiger partial charge in [-0.2, -0.15) is 0 Å². The standard InChI is InChI=1S/C20H23NO3/c1-4-12-23-18-9-6-17(7-10-18)20(22)21-11-13-24-19-8-5-15(2)16(3)14-19/h4-10,14H,1,11-13H2,2-3H3,(H,21,22). The van der Waals surface area contributed by atoms with E-state index in [1.165, 1.54) is 11.1 Å². The van der Waals surface area contributed by atoms with Crippen LogP contribution in [0.5, 0.6) is 11.5 Å². The molecule has 2 aromatic rings. The number of nitrogens with one attached hydrogen (secondary N) is 1. The summed E-state index contributed by atoms with van der Waals surface area (Å²) in [5, 5.41) is 2.84. The van der Waals surface area contributed by atoms with Gasteiger partial charge in [0.1, 0.15) is 24.7 Å². The average molecular weight is 325 g/mol. The lowest BCUT2D eigenvalue weighted by molar-refractivity contribution is 0.0947. The van der Waals surface area contributed by atoms with Crippen LogP contribution in [0.15, 0.2) is 55.1 Å². The maximum Gasteiger partial charge on any atom is 0.251 e. The molecule has 4 nitrogen and oxygen atoms in total. The van der Waals surface area contributed by atoms with E-state index in [0.29, 0.717) is 31.1 Å². The van der Waals surface area contributed by atoms with E-state index in [1.54, 1.807) is 30.3 Å². The molecule has 0 aliphatic heterocycles. The first-order chi connectivity index (χ1) is 11.6. The van der Waals surface area contributed by atoms with E-state index in [4.69, 9.17) is 9.47 Å². The van der Waals surface area contributed by atoms with Gasteiger partial charge in [0.25, 0.3) is 5.91 Å². The lowest BCUT2D eigenvalue weighted by Gasteiger charge is -2.10. The van der Waals surface area contributed by atoms with Gasteiger partial charge in [0, 0.05) is 5.56 Å². The van der Waals surface area contributed by atoms with Gasteiger partial charge in [-0.25, -0.2) is 0 Å². The van der Waals surface area contributed by atoms with Gasteiger partial charge in [0.15, 0.2) is 0 Å². The molecule has 0 unspecified atom stereocenters. The Morgan fingerprint density at radius 3 is 2.42 bits per heavy atom. The van der Waals surface area contributed by atoms with E-state index in [-0.39, 0.29) is 5.91 Å². The van der Waals surface area contributed by atoms with Crippen molar-refractivity contribution in [1.29, 1.82) is 0 Å². The lowest BCUT2D eigenvalue weighted by Crippen LogP contribution is -2.28. The van der Waals surface area contributed by atoms with Crippen molar-refractivity contribution in [3.8, 4) is 11.5 Å². The van der Waals surface area contributed by atoms with Crippen LogP contribution >= 0.6 is 0 Å². The molecule has 126 valence electrons. The first kappa shape index (κ1) is 17.6. The second kappa shape index (κ2) is 8.77. The Morgan fingerprint density at radius 1 is 1.04 bits per heavy atom. The molecule has 4 heteroatoms. The zero-order valence-corrected chi connectivity index (χ0v) is 14.2. The Hall–Kier alpha value is -2.75. The zero-order valence-electron chi connectivity index (χ0n) is 14.2. The summed E-state index contributed by atoms with van der Waals surface area (Å²) in [6, 6.07) is 13.0. The zero-order chi connectivity index (χ0) is 17.4. The molecule has 0 aliphatic rings. The van der Waals surface area contributed by atoms with Gasteiger partial charge in [-0.15, -0.1) is 0 Å². The maximum absolute atomic E-state index is 12.1. The Morgan fingerprint density at radius 2 is 1.75 bits per heavy atom. The van der Waals surface area contributed by atoms with Crippen molar-refractivity contribution in [2.24, 2.45) is 0 Å². The van der Waals surface area contributed by atoms with Gasteiger partial charge in [-0.1, -0.05) is 18.7 Å². The molecule has 0 spiro atoms. The number of aryl methyl sites for hydroxylation is 2. The number of hydrogen-bond acceptors (Lipinski definition) is 3. The molecular weight excluding hydrogens is 302 g/mol. The van der Waals surface area contributed by atoms with Crippen molar-refractivity contribution >= 4 is 5.91 Å². The van der Waals surface area contributed by atoms with Crippen LogP contribution in [0, 0.1) is 13.8 Å². The first-order valence-corrected chi connectivity index (χ1v) is 7.92. The van der Waals surface area contributed by atoms with Crippen molar-refractivity contribution in [3.63, 3.8) is 0 Å². The summed E-state index contributed by atoms with van der Waals surface area (Å²) >= 11 is 0. The Kier molecular flexibility index (Phi) is 6.43. The normalized spacial score (nSPS) is 10.1. The Bertz CT molecular complexity index is 693. The van der Waals surface area contributed by atoms with Crippen LogP contribution in [-0.4, -0.2) is 25.7 Å². The Labute approximate surface area is 143 Å². The minimum Gasteiger partial charge on any atom is -0.492 e. The topological polar surface area (TPSA) is 47.6 Å². The molecule has 1 N–H and O–H groups in total. The van der Waals surface area contributed by atoms with Gasteiger partial charge in [-0.05, 0) is 61.4 Å². The van der Waals surface area contributed by atoms with Crippen LogP contribution in [0.2, 0.25) is 0 Å².